The van der Waals surface area contributed by atoms with E-state index < -0.39 is 15.9 Å². The minimum Gasteiger partial charge on any atom is -0.368 e. The molecule has 0 saturated heterocycles. The molecule has 0 radical (unpaired) electrons. The van der Waals surface area contributed by atoms with Gasteiger partial charge in [0, 0.05) is 6.26 Å². The summed E-state index contributed by atoms with van der Waals surface area (Å²) in [7, 11) is -3.05. The molecule has 0 rings (SSSR count). The van der Waals surface area contributed by atoms with E-state index in [2.05, 4.69) is 4.99 Å². The van der Waals surface area contributed by atoms with E-state index in [0.29, 0.717) is 0 Å². The number of guanidine groups is 1. The SMILES string of the molecule is CC(CS(C)(=O)=O)N=C(N)NO. The number of hydrogen-bond donors (Lipinski definition) is 3. The van der Waals surface area contributed by atoms with Gasteiger partial charge in [0.05, 0.1) is 11.8 Å². The third-order valence-electron chi connectivity index (χ3n) is 1.02. The molecular weight excluding hydrogens is 182 g/mol. The lowest BCUT2D eigenvalue weighted by Gasteiger charge is -2.05. The van der Waals surface area contributed by atoms with Gasteiger partial charge in [0.25, 0.3) is 0 Å². The van der Waals surface area contributed by atoms with Crippen molar-refractivity contribution in [3.05, 3.63) is 0 Å². The second kappa shape index (κ2) is 4.27. The molecule has 6 nitrogen and oxygen atoms in total. The average molecular weight is 195 g/mol. The second-order valence-corrected chi connectivity index (χ2v) is 4.75. The van der Waals surface area contributed by atoms with Crippen molar-refractivity contribution in [3.63, 3.8) is 0 Å². The Bertz CT molecular complexity index is 259. The van der Waals surface area contributed by atoms with Gasteiger partial charge in [-0.05, 0) is 6.92 Å². The molecule has 0 spiro atoms. The van der Waals surface area contributed by atoms with Crippen LogP contribution in [0.5, 0.6) is 0 Å². The van der Waals surface area contributed by atoms with Crippen molar-refractivity contribution in [1.29, 1.82) is 0 Å². The van der Waals surface area contributed by atoms with Crippen molar-refractivity contribution >= 4 is 15.8 Å². The maximum absolute atomic E-state index is 10.7. The van der Waals surface area contributed by atoms with Crippen LogP contribution in [0.1, 0.15) is 6.92 Å². The highest BCUT2D eigenvalue weighted by Gasteiger charge is 2.09. The Balaban J connectivity index is 4.16. The van der Waals surface area contributed by atoms with Crippen molar-refractivity contribution in [3.8, 4) is 0 Å². The Kier molecular flexibility index (Phi) is 3.98. The smallest absolute Gasteiger partial charge is 0.213 e. The average Bonchev–Trinajstić information content (AvgIpc) is 1.82. The molecular formula is C5H13N3O3S. The van der Waals surface area contributed by atoms with Gasteiger partial charge in [-0.25, -0.2) is 18.9 Å². The van der Waals surface area contributed by atoms with Crippen molar-refractivity contribution in [2.24, 2.45) is 10.7 Å². The molecule has 0 aromatic heterocycles. The molecule has 0 bridgehead atoms. The first-order valence-electron chi connectivity index (χ1n) is 3.26. The minimum atomic E-state index is -3.05. The number of hydrogen-bond acceptors (Lipinski definition) is 4. The van der Waals surface area contributed by atoms with E-state index in [0.717, 1.165) is 6.26 Å². The summed E-state index contributed by atoms with van der Waals surface area (Å²) in [4.78, 5) is 3.63. The maximum Gasteiger partial charge on any atom is 0.213 e. The molecule has 0 aromatic carbocycles. The van der Waals surface area contributed by atoms with Crippen LogP contribution in [0.4, 0.5) is 0 Å². The number of hydroxylamine groups is 1. The summed E-state index contributed by atoms with van der Waals surface area (Å²) in [6, 6.07) is -0.459. The molecule has 0 heterocycles. The van der Waals surface area contributed by atoms with Crippen molar-refractivity contribution in [1.82, 2.24) is 5.48 Å². The maximum atomic E-state index is 10.7. The molecule has 0 aromatic rings. The van der Waals surface area contributed by atoms with Crippen LogP contribution in [-0.2, 0) is 9.84 Å². The van der Waals surface area contributed by atoms with Crippen LogP contribution < -0.4 is 11.2 Å². The third-order valence-corrected chi connectivity index (χ3v) is 2.11. The van der Waals surface area contributed by atoms with Gasteiger partial charge in [0.15, 0.2) is 0 Å². The first kappa shape index (κ1) is 11.2. The number of rotatable bonds is 3. The van der Waals surface area contributed by atoms with E-state index in [-0.39, 0.29) is 11.7 Å². The lowest BCUT2D eigenvalue weighted by molar-refractivity contribution is 0.232. The van der Waals surface area contributed by atoms with E-state index in [1.54, 1.807) is 12.4 Å². The Hall–Kier alpha value is -0.820. The normalized spacial score (nSPS) is 15.8. The largest absolute Gasteiger partial charge is 0.368 e. The van der Waals surface area contributed by atoms with Crippen LogP contribution in [0.25, 0.3) is 0 Å². The summed E-state index contributed by atoms with van der Waals surface area (Å²) < 4.78 is 21.4. The van der Waals surface area contributed by atoms with E-state index in [1.807, 2.05) is 0 Å². The van der Waals surface area contributed by atoms with Gasteiger partial charge in [0.2, 0.25) is 5.96 Å². The molecule has 1 unspecified atom stereocenters. The summed E-state index contributed by atoms with van der Waals surface area (Å²) >= 11 is 0. The zero-order valence-corrected chi connectivity index (χ0v) is 7.80. The molecule has 0 saturated carbocycles. The van der Waals surface area contributed by atoms with Gasteiger partial charge < -0.3 is 5.73 Å². The molecule has 12 heavy (non-hydrogen) atoms. The number of nitrogens with one attached hydrogen (secondary N) is 1. The molecule has 72 valence electrons. The molecule has 0 aliphatic carbocycles. The lowest BCUT2D eigenvalue weighted by Crippen LogP contribution is -2.31. The highest BCUT2D eigenvalue weighted by molar-refractivity contribution is 7.90. The van der Waals surface area contributed by atoms with E-state index in [4.69, 9.17) is 10.9 Å². The summed E-state index contributed by atoms with van der Waals surface area (Å²) in [6.45, 7) is 1.59. The van der Waals surface area contributed by atoms with Crippen LogP contribution in [0.3, 0.4) is 0 Å². The predicted molar refractivity (Wildman–Crippen MR) is 45.7 cm³/mol. The molecule has 4 N–H and O–H groups in total. The molecule has 7 heteroatoms. The van der Waals surface area contributed by atoms with Crippen molar-refractivity contribution in [2.75, 3.05) is 12.0 Å². The topological polar surface area (TPSA) is 105 Å². The number of nitrogens with two attached hydrogens (primary N) is 1. The van der Waals surface area contributed by atoms with E-state index in [9.17, 15) is 8.42 Å². The minimum absolute atomic E-state index is 0.0879. The molecule has 0 fully saturated rings. The van der Waals surface area contributed by atoms with Gasteiger partial charge in [-0.3, -0.25) is 5.21 Å². The number of aliphatic imine (C=N–C) groups is 1. The monoisotopic (exact) mass is 195 g/mol. The zero-order chi connectivity index (χ0) is 9.78. The Morgan fingerprint density at radius 1 is 1.75 bits per heavy atom. The van der Waals surface area contributed by atoms with Gasteiger partial charge in [-0.2, -0.15) is 0 Å². The molecule has 0 aliphatic rings. The van der Waals surface area contributed by atoms with Gasteiger partial charge in [-0.15, -0.1) is 0 Å². The fraction of sp³-hybridized carbons (Fsp3) is 0.800. The zero-order valence-electron chi connectivity index (χ0n) is 6.98. The van der Waals surface area contributed by atoms with Crippen LogP contribution in [-0.4, -0.2) is 37.6 Å². The van der Waals surface area contributed by atoms with Gasteiger partial charge in [-0.1, -0.05) is 0 Å². The van der Waals surface area contributed by atoms with Crippen LogP contribution >= 0.6 is 0 Å². The lowest BCUT2D eigenvalue weighted by atomic mass is 10.4. The number of nitrogens with zero attached hydrogens (tertiary/aromatic N) is 1. The highest BCUT2D eigenvalue weighted by atomic mass is 32.2. The molecule has 0 aliphatic heterocycles. The Labute approximate surface area is 71.4 Å². The summed E-state index contributed by atoms with van der Waals surface area (Å²) in [5.74, 6) is -0.277. The third kappa shape index (κ3) is 5.93. The van der Waals surface area contributed by atoms with Crippen LogP contribution in [0.2, 0.25) is 0 Å². The quantitative estimate of drug-likeness (QED) is 0.295. The second-order valence-electron chi connectivity index (χ2n) is 2.57. The summed E-state index contributed by atoms with van der Waals surface area (Å²) in [5, 5.41) is 8.23. The Morgan fingerprint density at radius 3 is 2.58 bits per heavy atom. The summed E-state index contributed by atoms with van der Waals surface area (Å²) in [5.41, 5.74) is 6.70. The van der Waals surface area contributed by atoms with Gasteiger partial charge in [0.1, 0.15) is 9.84 Å². The fourth-order valence-electron chi connectivity index (χ4n) is 0.742. The molecule has 0 amide bonds. The standard InChI is InChI=1S/C5H13N3O3S/c1-4(3-12(2,10)11)7-5(6)8-9/h4,9H,3H2,1-2H3,(H3,6,7,8). The van der Waals surface area contributed by atoms with E-state index in [1.165, 1.54) is 0 Å². The van der Waals surface area contributed by atoms with Crippen molar-refractivity contribution in [2.45, 2.75) is 13.0 Å². The first-order chi connectivity index (χ1) is 5.35. The van der Waals surface area contributed by atoms with Crippen molar-refractivity contribution < 1.29 is 13.6 Å². The number of sulfone groups is 1. The van der Waals surface area contributed by atoms with Crippen LogP contribution in [0.15, 0.2) is 4.99 Å². The predicted octanol–water partition coefficient (Wildman–Crippen LogP) is -1.29. The van der Waals surface area contributed by atoms with Gasteiger partial charge >= 0.3 is 0 Å². The fourth-order valence-corrected chi connectivity index (χ4v) is 1.69. The first-order valence-corrected chi connectivity index (χ1v) is 5.32. The summed E-state index contributed by atoms with van der Waals surface area (Å²) in [6.07, 6.45) is 1.11. The van der Waals surface area contributed by atoms with Crippen LogP contribution in [0, 0.1) is 0 Å². The Morgan fingerprint density at radius 2 is 2.25 bits per heavy atom. The molecule has 1 atom stereocenters. The van der Waals surface area contributed by atoms with E-state index >= 15 is 0 Å². The highest BCUT2D eigenvalue weighted by Crippen LogP contribution is 1.94.